The van der Waals surface area contributed by atoms with Crippen LogP contribution in [0.4, 0.5) is 5.69 Å². The fraction of sp³-hybridized carbons (Fsp3) is 0.300. The molecule has 0 fully saturated rings. The summed E-state index contributed by atoms with van der Waals surface area (Å²) >= 11 is 0. The number of amides is 1. The molecule has 1 N–H and O–H groups in total. The van der Waals surface area contributed by atoms with Gasteiger partial charge in [0.15, 0.2) is 6.61 Å². The van der Waals surface area contributed by atoms with E-state index in [9.17, 15) is 9.59 Å². The summed E-state index contributed by atoms with van der Waals surface area (Å²) in [5.74, 6) is 0.240. The average Bonchev–Trinajstić information content (AvgIpc) is 2.67. The van der Waals surface area contributed by atoms with Crippen LogP contribution in [-0.2, 0) is 14.3 Å². The molecule has 0 saturated carbocycles. The maximum absolute atomic E-state index is 12.0. The molecule has 0 saturated heterocycles. The summed E-state index contributed by atoms with van der Waals surface area (Å²) in [6.45, 7) is 1.59. The van der Waals surface area contributed by atoms with E-state index >= 15 is 0 Å². The van der Waals surface area contributed by atoms with Crippen LogP contribution in [0.3, 0.4) is 0 Å². The molecule has 0 aliphatic rings. The summed E-state index contributed by atoms with van der Waals surface area (Å²) in [6, 6.07) is 14.7. The third kappa shape index (κ3) is 5.51. The number of carbonyl (C=O) groups is 2. The normalized spacial score (nSPS) is 11.3. The lowest BCUT2D eigenvalue weighted by Gasteiger charge is -2.13. The Kier molecular flexibility index (Phi) is 7.02. The summed E-state index contributed by atoms with van der Waals surface area (Å²) in [6.07, 6.45) is 0.211. The van der Waals surface area contributed by atoms with Crippen molar-refractivity contribution in [1.29, 1.82) is 0 Å². The second kappa shape index (κ2) is 9.46. The van der Waals surface area contributed by atoms with Crippen LogP contribution in [0, 0.1) is 0 Å². The summed E-state index contributed by atoms with van der Waals surface area (Å²) in [7, 11) is 3.04. The minimum atomic E-state index is -0.436. The van der Waals surface area contributed by atoms with Gasteiger partial charge in [-0.05, 0) is 23.6 Å². The average molecular weight is 357 g/mol. The van der Waals surface area contributed by atoms with Crippen molar-refractivity contribution in [3.8, 4) is 11.5 Å². The van der Waals surface area contributed by atoms with E-state index < -0.39 is 11.9 Å². The van der Waals surface area contributed by atoms with Crippen LogP contribution in [-0.4, -0.2) is 32.7 Å². The zero-order valence-corrected chi connectivity index (χ0v) is 15.2. The minimum absolute atomic E-state index is 0.0217. The van der Waals surface area contributed by atoms with Gasteiger partial charge in [-0.3, -0.25) is 9.59 Å². The lowest BCUT2D eigenvalue weighted by atomic mass is 9.98. The Labute approximate surface area is 153 Å². The molecule has 0 heterocycles. The van der Waals surface area contributed by atoms with Crippen LogP contribution >= 0.6 is 0 Å². The van der Waals surface area contributed by atoms with Crippen molar-refractivity contribution in [2.45, 2.75) is 19.3 Å². The van der Waals surface area contributed by atoms with Crippen molar-refractivity contribution in [3.63, 3.8) is 0 Å². The van der Waals surface area contributed by atoms with Gasteiger partial charge in [-0.2, -0.15) is 0 Å². The fourth-order valence-corrected chi connectivity index (χ4v) is 2.44. The first-order chi connectivity index (χ1) is 12.5. The second-order valence-electron chi connectivity index (χ2n) is 5.79. The topological polar surface area (TPSA) is 73.9 Å². The van der Waals surface area contributed by atoms with Crippen molar-refractivity contribution < 1.29 is 23.8 Å². The molecule has 1 atom stereocenters. The number of ether oxygens (including phenoxy) is 3. The molecule has 0 radical (unpaired) electrons. The van der Waals surface area contributed by atoms with Gasteiger partial charge >= 0.3 is 5.97 Å². The van der Waals surface area contributed by atoms with Gasteiger partial charge in [-0.1, -0.05) is 37.3 Å². The molecule has 1 amide bonds. The van der Waals surface area contributed by atoms with Crippen LogP contribution < -0.4 is 14.8 Å². The predicted molar refractivity (Wildman–Crippen MR) is 98.6 cm³/mol. The highest BCUT2D eigenvalue weighted by Crippen LogP contribution is 2.28. The molecule has 0 bridgehead atoms. The van der Waals surface area contributed by atoms with E-state index in [-0.39, 0.29) is 18.9 Å². The molecule has 0 aliphatic carbocycles. The number of esters is 1. The number of nitrogens with one attached hydrogen (secondary N) is 1. The molecule has 0 aliphatic heterocycles. The molecule has 0 unspecified atom stereocenters. The first kappa shape index (κ1) is 19.3. The molecule has 2 aromatic carbocycles. The minimum Gasteiger partial charge on any atom is -0.497 e. The number of benzene rings is 2. The number of rotatable bonds is 8. The standard InChI is InChI=1S/C20H23NO5/c1-14(15-7-5-4-6-8-15)11-20(23)26-13-19(22)21-17-10-9-16(24-2)12-18(17)25-3/h4-10,12,14H,11,13H2,1-3H3,(H,21,22)/t14-/m1/s1. The van der Waals surface area contributed by atoms with E-state index in [2.05, 4.69) is 5.32 Å². The summed E-state index contributed by atoms with van der Waals surface area (Å²) in [5, 5.41) is 2.66. The predicted octanol–water partition coefficient (Wildman–Crippen LogP) is 3.38. The van der Waals surface area contributed by atoms with E-state index in [4.69, 9.17) is 14.2 Å². The zero-order chi connectivity index (χ0) is 18.9. The maximum atomic E-state index is 12.0. The lowest BCUT2D eigenvalue weighted by molar-refractivity contribution is -0.147. The van der Waals surface area contributed by atoms with Gasteiger partial charge in [-0.25, -0.2) is 0 Å². The number of hydrogen-bond acceptors (Lipinski definition) is 5. The van der Waals surface area contributed by atoms with Crippen LogP contribution in [0.1, 0.15) is 24.8 Å². The number of hydrogen-bond donors (Lipinski definition) is 1. The Morgan fingerprint density at radius 3 is 2.42 bits per heavy atom. The Balaban J connectivity index is 1.84. The van der Waals surface area contributed by atoms with Gasteiger partial charge in [0.2, 0.25) is 0 Å². The van der Waals surface area contributed by atoms with Crippen molar-refractivity contribution in [3.05, 3.63) is 54.1 Å². The zero-order valence-electron chi connectivity index (χ0n) is 15.2. The van der Waals surface area contributed by atoms with Gasteiger partial charge in [0.1, 0.15) is 11.5 Å². The maximum Gasteiger partial charge on any atom is 0.306 e. The van der Waals surface area contributed by atoms with E-state index in [0.717, 1.165) is 5.56 Å². The third-order valence-corrected chi connectivity index (χ3v) is 3.89. The Bertz CT molecular complexity index is 745. The molecule has 2 aromatic rings. The van der Waals surface area contributed by atoms with E-state index in [1.807, 2.05) is 37.3 Å². The van der Waals surface area contributed by atoms with Crippen LogP contribution in [0.15, 0.2) is 48.5 Å². The fourth-order valence-electron chi connectivity index (χ4n) is 2.44. The molecule has 0 aromatic heterocycles. The Morgan fingerprint density at radius 2 is 1.77 bits per heavy atom. The van der Waals surface area contributed by atoms with Crippen LogP contribution in [0.25, 0.3) is 0 Å². The number of carbonyl (C=O) groups excluding carboxylic acids is 2. The van der Waals surface area contributed by atoms with E-state index in [1.54, 1.807) is 25.3 Å². The van der Waals surface area contributed by atoms with Crippen molar-refractivity contribution in [2.75, 3.05) is 26.1 Å². The van der Waals surface area contributed by atoms with Gasteiger partial charge in [0.25, 0.3) is 5.91 Å². The van der Waals surface area contributed by atoms with Gasteiger partial charge in [0.05, 0.1) is 26.3 Å². The molecular weight excluding hydrogens is 334 g/mol. The largest absolute Gasteiger partial charge is 0.497 e. The Morgan fingerprint density at radius 1 is 1.04 bits per heavy atom. The monoisotopic (exact) mass is 357 g/mol. The highest BCUT2D eigenvalue weighted by Gasteiger charge is 2.15. The molecule has 6 heteroatoms. The summed E-state index contributed by atoms with van der Waals surface area (Å²) in [4.78, 5) is 24.0. The molecule has 0 spiro atoms. The third-order valence-electron chi connectivity index (χ3n) is 3.89. The van der Waals surface area contributed by atoms with Crippen LogP contribution in [0.5, 0.6) is 11.5 Å². The first-order valence-electron chi connectivity index (χ1n) is 8.26. The molecule has 138 valence electrons. The van der Waals surface area contributed by atoms with E-state index in [0.29, 0.717) is 17.2 Å². The summed E-state index contributed by atoms with van der Waals surface area (Å²) in [5.41, 5.74) is 1.53. The number of anilines is 1. The first-order valence-corrected chi connectivity index (χ1v) is 8.26. The summed E-state index contributed by atoms with van der Waals surface area (Å²) < 4.78 is 15.4. The molecule has 2 rings (SSSR count). The molecule has 6 nitrogen and oxygen atoms in total. The highest BCUT2D eigenvalue weighted by atomic mass is 16.5. The van der Waals surface area contributed by atoms with Crippen molar-refractivity contribution >= 4 is 17.6 Å². The van der Waals surface area contributed by atoms with E-state index in [1.165, 1.54) is 7.11 Å². The smallest absolute Gasteiger partial charge is 0.306 e. The van der Waals surface area contributed by atoms with Crippen molar-refractivity contribution in [2.24, 2.45) is 0 Å². The van der Waals surface area contributed by atoms with Crippen LogP contribution in [0.2, 0.25) is 0 Å². The molecule has 26 heavy (non-hydrogen) atoms. The number of methoxy groups -OCH3 is 2. The van der Waals surface area contributed by atoms with Gasteiger partial charge < -0.3 is 19.5 Å². The van der Waals surface area contributed by atoms with Gasteiger partial charge in [0, 0.05) is 6.07 Å². The highest BCUT2D eigenvalue weighted by molar-refractivity contribution is 5.94. The SMILES string of the molecule is COc1ccc(NC(=O)COC(=O)C[C@@H](C)c2ccccc2)c(OC)c1. The molecular formula is C20H23NO5. The van der Waals surface area contributed by atoms with Gasteiger partial charge in [-0.15, -0.1) is 0 Å². The lowest BCUT2D eigenvalue weighted by Crippen LogP contribution is -2.21. The quantitative estimate of drug-likeness (QED) is 0.733. The van der Waals surface area contributed by atoms with Crippen molar-refractivity contribution in [1.82, 2.24) is 0 Å². The Hall–Kier alpha value is -3.02. The second-order valence-corrected chi connectivity index (χ2v) is 5.79.